The van der Waals surface area contributed by atoms with Gasteiger partial charge in [0, 0.05) is 0 Å². The van der Waals surface area contributed by atoms with Crippen LogP contribution in [-0.2, 0) is 0 Å². The molecule has 0 saturated heterocycles. The molecule has 0 amide bonds. The molecule has 2 rings (SSSR count). The third-order valence-electron chi connectivity index (χ3n) is 3.79. The summed E-state index contributed by atoms with van der Waals surface area (Å²) >= 11 is 0. The number of hydrogen-bond donors (Lipinski definition) is 1. The SMILES string of the molecule is C#CCOc1ccc(C)c(C(O)c2ccc(C(C)C)cc2)c1. The molecule has 0 aliphatic carbocycles. The van der Waals surface area contributed by atoms with Gasteiger partial charge in [-0.2, -0.15) is 0 Å². The Morgan fingerprint density at radius 2 is 1.73 bits per heavy atom. The zero-order chi connectivity index (χ0) is 16.1. The fourth-order valence-corrected chi connectivity index (χ4v) is 2.37. The van der Waals surface area contributed by atoms with Crippen molar-refractivity contribution in [3.05, 3.63) is 64.7 Å². The van der Waals surface area contributed by atoms with Gasteiger partial charge in [0.15, 0.2) is 0 Å². The average Bonchev–Trinajstić information content (AvgIpc) is 2.53. The fourth-order valence-electron chi connectivity index (χ4n) is 2.37. The van der Waals surface area contributed by atoms with Crippen LogP contribution in [-0.4, -0.2) is 11.7 Å². The molecule has 1 unspecified atom stereocenters. The number of aliphatic hydroxyl groups is 1. The van der Waals surface area contributed by atoms with Crippen LogP contribution in [0.15, 0.2) is 42.5 Å². The van der Waals surface area contributed by atoms with Crippen molar-refractivity contribution in [3.63, 3.8) is 0 Å². The summed E-state index contributed by atoms with van der Waals surface area (Å²) in [4.78, 5) is 0. The summed E-state index contributed by atoms with van der Waals surface area (Å²) in [5.74, 6) is 3.60. The predicted octanol–water partition coefficient (Wildman–Crippen LogP) is 4.21. The Bertz CT molecular complexity index is 663. The Kier molecular flexibility index (Phi) is 5.25. The van der Waals surface area contributed by atoms with Crippen molar-refractivity contribution in [2.24, 2.45) is 0 Å². The maximum Gasteiger partial charge on any atom is 0.148 e. The van der Waals surface area contributed by atoms with Crippen LogP contribution in [0.4, 0.5) is 0 Å². The van der Waals surface area contributed by atoms with E-state index in [-0.39, 0.29) is 6.61 Å². The van der Waals surface area contributed by atoms with Crippen LogP contribution < -0.4 is 4.74 Å². The third-order valence-corrected chi connectivity index (χ3v) is 3.79. The topological polar surface area (TPSA) is 29.5 Å². The monoisotopic (exact) mass is 294 g/mol. The van der Waals surface area contributed by atoms with Crippen LogP contribution in [0.3, 0.4) is 0 Å². The van der Waals surface area contributed by atoms with Crippen LogP contribution in [0.2, 0.25) is 0 Å². The van der Waals surface area contributed by atoms with Gasteiger partial charge >= 0.3 is 0 Å². The van der Waals surface area contributed by atoms with Crippen molar-refractivity contribution in [3.8, 4) is 18.1 Å². The first-order chi connectivity index (χ1) is 10.5. The maximum absolute atomic E-state index is 10.7. The van der Waals surface area contributed by atoms with Gasteiger partial charge in [-0.15, -0.1) is 6.42 Å². The molecule has 2 nitrogen and oxygen atoms in total. The van der Waals surface area contributed by atoms with Gasteiger partial charge in [0.25, 0.3) is 0 Å². The molecule has 2 aromatic rings. The van der Waals surface area contributed by atoms with Gasteiger partial charge < -0.3 is 9.84 Å². The second kappa shape index (κ2) is 7.15. The molecule has 22 heavy (non-hydrogen) atoms. The minimum atomic E-state index is -0.671. The van der Waals surface area contributed by atoms with Gasteiger partial charge in [-0.3, -0.25) is 0 Å². The molecule has 0 fully saturated rings. The van der Waals surface area contributed by atoms with E-state index in [1.54, 1.807) is 0 Å². The molecule has 0 aromatic heterocycles. The van der Waals surface area contributed by atoms with Crippen LogP contribution in [0.5, 0.6) is 5.75 Å². The van der Waals surface area contributed by atoms with E-state index in [1.807, 2.05) is 37.3 Å². The summed E-state index contributed by atoms with van der Waals surface area (Å²) in [6.45, 7) is 6.51. The number of hydrogen-bond acceptors (Lipinski definition) is 2. The van der Waals surface area contributed by atoms with Crippen molar-refractivity contribution < 1.29 is 9.84 Å². The van der Waals surface area contributed by atoms with Gasteiger partial charge in [0.1, 0.15) is 18.5 Å². The molecule has 0 saturated carbocycles. The van der Waals surface area contributed by atoms with Crippen molar-refractivity contribution in [2.75, 3.05) is 6.61 Å². The third kappa shape index (κ3) is 3.69. The number of benzene rings is 2. The fraction of sp³-hybridized carbons (Fsp3) is 0.300. The van der Waals surface area contributed by atoms with Crippen LogP contribution in [0.1, 0.15) is 48.1 Å². The lowest BCUT2D eigenvalue weighted by Crippen LogP contribution is -2.04. The molecule has 0 heterocycles. The Labute approximate surface area is 132 Å². The van der Waals surface area contributed by atoms with Crippen molar-refractivity contribution >= 4 is 0 Å². The first kappa shape index (κ1) is 16.1. The molecular formula is C20H22O2. The highest BCUT2D eigenvalue weighted by atomic mass is 16.5. The zero-order valence-corrected chi connectivity index (χ0v) is 13.3. The van der Waals surface area contributed by atoms with E-state index in [9.17, 15) is 5.11 Å². The van der Waals surface area contributed by atoms with Gasteiger partial charge in [-0.25, -0.2) is 0 Å². The highest BCUT2D eigenvalue weighted by Crippen LogP contribution is 2.29. The number of rotatable bonds is 5. The summed E-state index contributed by atoms with van der Waals surface area (Å²) < 4.78 is 5.44. The zero-order valence-electron chi connectivity index (χ0n) is 13.3. The van der Waals surface area contributed by atoms with Gasteiger partial charge in [-0.1, -0.05) is 50.1 Å². The Morgan fingerprint density at radius 1 is 1.09 bits per heavy atom. The van der Waals surface area contributed by atoms with Crippen molar-refractivity contribution in [1.82, 2.24) is 0 Å². The molecule has 0 aliphatic heterocycles. The van der Waals surface area contributed by atoms with E-state index in [0.717, 1.165) is 16.7 Å². The lowest BCUT2D eigenvalue weighted by atomic mass is 9.95. The molecule has 2 aromatic carbocycles. The normalized spacial score (nSPS) is 12.0. The van der Waals surface area contributed by atoms with Crippen LogP contribution >= 0.6 is 0 Å². The van der Waals surface area contributed by atoms with E-state index < -0.39 is 6.10 Å². The van der Waals surface area contributed by atoms with Crippen LogP contribution in [0, 0.1) is 19.3 Å². The second-order valence-corrected chi connectivity index (χ2v) is 5.74. The molecule has 0 radical (unpaired) electrons. The summed E-state index contributed by atoms with van der Waals surface area (Å²) in [6, 6.07) is 13.8. The van der Waals surface area contributed by atoms with E-state index in [4.69, 9.17) is 11.2 Å². The molecule has 114 valence electrons. The highest BCUT2D eigenvalue weighted by molar-refractivity contribution is 5.41. The van der Waals surface area contributed by atoms with Crippen LogP contribution in [0.25, 0.3) is 0 Å². The molecule has 0 spiro atoms. The lowest BCUT2D eigenvalue weighted by Gasteiger charge is -2.16. The highest BCUT2D eigenvalue weighted by Gasteiger charge is 2.14. The quantitative estimate of drug-likeness (QED) is 0.837. The minimum Gasteiger partial charge on any atom is -0.481 e. The first-order valence-electron chi connectivity index (χ1n) is 7.47. The number of ether oxygens (including phenoxy) is 1. The van der Waals surface area contributed by atoms with E-state index in [2.05, 4.69) is 31.9 Å². The summed E-state index contributed by atoms with van der Waals surface area (Å²) in [5.41, 5.74) is 4.00. The van der Waals surface area contributed by atoms with E-state index in [1.165, 1.54) is 5.56 Å². The number of aryl methyl sites for hydroxylation is 1. The molecule has 1 atom stereocenters. The number of aliphatic hydroxyl groups excluding tert-OH is 1. The molecule has 0 bridgehead atoms. The maximum atomic E-state index is 10.7. The van der Waals surface area contributed by atoms with Gasteiger partial charge in [0.2, 0.25) is 0 Å². The summed E-state index contributed by atoms with van der Waals surface area (Å²) in [7, 11) is 0. The molecular weight excluding hydrogens is 272 g/mol. The van der Waals surface area contributed by atoms with E-state index >= 15 is 0 Å². The summed E-state index contributed by atoms with van der Waals surface area (Å²) in [6.07, 6.45) is 4.54. The molecule has 1 N–H and O–H groups in total. The van der Waals surface area contributed by atoms with Crippen molar-refractivity contribution in [1.29, 1.82) is 0 Å². The van der Waals surface area contributed by atoms with Gasteiger partial charge in [0.05, 0.1) is 0 Å². The largest absolute Gasteiger partial charge is 0.481 e. The smallest absolute Gasteiger partial charge is 0.148 e. The predicted molar refractivity (Wildman–Crippen MR) is 90.1 cm³/mol. The standard InChI is InChI=1S/C20H22O2/c1-5-12-22-18-11-6-15(4)19(13-18)20(21)17-9-7-16(8-10-17)14(2)3/h1,6-11,13-14,20-21H,12H2,2-4H3. The van der Waals surface area contributed by atoms with E-state index in [0.29, 0.717) is 11.7 Å². The average molecular weight is 294 g/mol. The second-order valence-electron chi connectivity index (χ2n) is 5.74. The molecule has 2 heteroatoms. The molecule has 0 aliphatic rings. The minimum absolute atomic E-state index is 0.224. The lowest BCUT2D eigenvalue weighted by molar-refractivity contribution is 0.219. The van der Waals surface area contributed by atoms with Gasteiger partial charge in [-0.05, 0) is 47.2 Å². The number of terminal acetylenes is 1. The summed E-state index contributed by atoms with van der Waals surface area (Å²) in [5, 5.41) is 10.7. The Morgan fingerprint density at radius 3 is 2.32 bits per heavy atom. The Hall–Kier alpha value is -2.24. The Balaban J connectivity index is 2.28. The van der Waals surface area contributed by atoms with Crippen molar-refractivity contribution in [2.45, 2.75) is 32.8 Å². The first-order valence-corrected chi connectivity index (χ1v) is 7.47.